The molecule has 128 valence electrons. The van der Waals surface area contributed by atoms with E-state index in [0.717, 1.165) is 10.4 Å². The Bertz CT molecular complexity index is 670. The van der Waals surface area contributed by atoms with Crippen LogP contribution in [0.1, 0.15) is 21.4 Å². The second-order valence-electron chi connectivity index (χ2n) is 5.37. The van der Waals surface area contributed by atoms with Gasteiger partial charge in [0.1, 0.15) is 6.10 Å². The number of aryl methyl sites for hydroxylation is 1. The van der Waals surface area contributed by atoms with Gasteiger partial charge < -0.3 is 15.4 Å². The summed E-state index contributed by atoms with van der Waals surface area (Å²) < 4.78 is 5.38. The van der Waals surface area contributed by atoms with Gasteiger partial charge in [-0.1, -0.05) is 30.3 Å². The number of carbonyl (C=O) groups is 2. The summed E-state index contributed by atoms with van der Waals surface area (Å²) in [5.74, 6) is -1.26. The van der Waals surface area contributed by atoms with Crippen molar-refractivity contribution in [3.8, 4) is 0 Å². The van der Waals surface area contributed by atoms with E-state index in [4.69, 9.17) is 4.74 Å². The summed E-state index contributed by atoms with van der Waals surface area (Å²) in [5.41, 5.74) is 1.12. The molecule has 0 saturated heterocycles. The predicted octanol–water partition coefficient (Wildman–Crippen LogP) is 2.22. The van der Waals surface area contributed by atoms with Crippen LogP contribution in [-0.4, -0.2) is 32.0 Å². The summed E-state index contributed by atoms with van der Waals surface area (Å²) in [7, 11) is 1.59. The molecule has 0 aliphatic rings. The first-order chi connectivity index (χ1) is 11.6. The van der Waals surface area contributed by atoms with Crippen LogP contribution in [-0.2, 0) is 20.7 Å². The zero-order chi connectivity index (χ0) is 17.4. The molecule has 0 radical (unpaired) electrons. The van der Waals surface area contributed by atoms with E-state index in [-0.39, 0.29) is 12.6 Å². The summed E-state index contributed by atoms with van der Waals surface area (Å²) in [5, 5.41) is 5.25. The van der Waals surface area contributed by atoms with Gasteiger partial charge in [0.2, 0.25) is 0 Å². The molecule has 6 heteroatoms. The zero-order valence-corrected chi connectivity index (χ0v) is 14.7. The fourth-order valence-corrected chi connectivity index (χ4v) is 3.19. The van der Waals surface area contributed by atoms with Gasteiger partial charge in [-0.15, -0.1) is 11.3 Å². The molecule has 1 atom stereocenters. The lowest BCUT2D eigenvalue weighted by atomic mass is 10.1. The van der Waals surface area contributed by atoms with E-state index in [1.54, 1.807) is 18.4 Å². The maximum absolute atomic E-state index is 11.9. The van der Waals surface area contributed by atoms with Gasteiger partial charge in [0, 0.05) is 30.0 Å². The number of thiophene rings is 1. The van der Waals surface area contributed by atoms with Crippen LogP contribution in [0.5, 0.6) is 0 Å². The van der Waals surface area contributed by atoms with Gasteiger partial charge in [0.25, 0.3) is 0 Å². The van der Waals surface area contributed by atoms with Gasteiger partial charge in [-0.05, 0) is 31.0 Å². The second-order valence-corrected chi connectivity index (χ2v) is 6.69. The van der Waals surface area contributed by atoms with Crippen molar-refractivity contribution >= 4 is 23.2 Å². The first-order valence-electron chi connectivity index (χ1n) is 7.79. The molecule has 0 saturated carbocycles. The molecule has 24 heavy (non-hydrogen) atoms. The highest BCUT2D eigenvalue weighted by Crippen LogP contribution is 2.24. The number of amides is 2. The van der Waals surface area contributed by atoms with Crippen molar-refractivity contribution in [3.05, 3.63) is 57.8 Å². The average Bonchev–Trinajstić information content (AvgIpc) is 3.02. The molecule has 0 aliphatic heterocycles. The Labute approximate surface area is 146 Å². The minimum absolute atomic E-state index is 0.246. The largest absolute Gasteiger partial charge is 0.374 e. The van der Waals surface area contributed by atoms with Crippen LogP contribution < -0.4 is 10.6 Å². The molecule has 2 amide bonds. The van der Waals surface area contributed by atoms with E-state index >= 15 is 0 Å². The van der Waals surface area contributed by atoms with Crippen LogP contribution in [0, 0.1) is 6.92 Å². The Morgan fingerprint density at radius 3 is 2.42 bits per heavy atom. The van der Waals surface area contributed by atoms with Crippen molar-refractivity contribution in [1.82, 2.24) is 10.6 Å². The quantitative estimate of drug-likeness (QED) is 0.756. The third-order valence-corrected chi connectivity index (χ3v) is 4.65. The molecule has 2 aromatic rings. The number of ether oxygens (including phenoxy) is 1. The SMILES string of the molecule is COC(CNC(=O)C(=O)NCCc1ccccc1)c1ccc(C)s1. The maximum Gasteiger partial charge on any atom is 0.309 e. The Balaban J connectivity index is 1.73. The number of carbonyl (C=O) groups excluding carboxylic acids is 2. The van der Waals surface area contributed by atoms with Crippen molar-refractivity contribution in [2.45, 2.75) is 19.4 Å². The number of rotatable bonds is 7. The molecule has 0 aliphatic carbocycles. The average molecular weight is 346 g/mol. The standard InChI is InChI=1S/C18H22N2O3S/c1-13-8-9-16(24-13)15(23-2)12-20-18(22)17(21)19-11-10-14-6-4-3-5-7-14/h3-9,15H,10-12H2,1-2H3,(H,19,21)(H,20,22). The van der Waals surface area contributed by atoms with E-state index in [0.29, 0.717) is 13.0 Å². The second kappa shape index (κ2) is 9.20. The van der Waals surface area contributed by atoms with Gasteiger partial charge in [-0.25, -0.2) is 0 Å². The van der Waals surface area contributed by atoms with Gasteiger partial charge in [0.15, 0.2) is 0 Å². The van der Waals surface area contributed by atoms with E-state index in [2.05, 4.69) is 10.6 Å². The van der Waals surface area contributed by atoms with Crippen LogP contribution in [0.3, 0.4) is 0 Å². The van der Waals surface area contributed by atoms with Crippen molar-refractivity contribution in [3.63, 3.8) is 0 Å². The van der Waals surface area contributed by atoms with Gasteiger partial charge in [0.05, 0.1) is 0 Å². The molecular formula is C18H22N2O3S. The minimum Gasteiger partial charge on any atom is -0.374 e. The van der Waals surface area contributed by atoms with Crippen LogP contribution in [0.15, 0.2) is 42.5 Å². The molecule has 5 nitrogen and oxygen atoms in total. The molecule has 1 unspecified atom stereocenters. The smallest absolute Gasteiger partial charge is 0.309 e. The molecule has 0 fully saturated rings. The number of hydrogen-bond donors (Lipinski definition) is 2. The molecule has 1 aromatic carbocycles. The van der Waals surface area contributed by atoms with Gasteiger partial charge >= 0.3 is 11.8 Å². The van der Waals surface area contributed by atoms with Crippen molar-refractivity contribution in [1.29, 1.82) is 0 Å². The molecule has 0 spiro atoms. The number of benzene rings is 1. The minimum atomic E-state index is -0.640. The molecule has 1 heterocycles. The lowest BCUT2D eigenvalue weighted by Gasteiger charge is -2.14. The van der Waals surface area contributed by atoms with Crippen LogP contribution in [0.25, 0.3) is 0 Å². The monoisotopic (exact) mass is 346 g/mol. The molecule has 2 rings (SSSR count). The Hall–Kier alpha value is -2.18. The van der Waals surface area contributed by atoms with E-state index in [9.17, 15) is 9.59 Å². The normalized spacial score (nSPS) is 11.8. The summed E-state index contributed by atoms with van der Waals surface area (Å²) in [4.78, 5) is 25.9. The van der Waals surface area contributed by atoms with Crippen LogP contribution in [0.4, 0.5) is 0 Å². The fraction of sp³-hybridized carbons (Fsp3) is 0.333. The molecular weight excluding hydrogens is 324 g/mol. The van der Waals surface area contributed by atoms with E-state index < -0.39 is 11.8 Å². The maximum atomic E-state index is 11.9. The van der Waals surface area contributed by atoms with Crippen molar-refractivity contribution in [2.24, 2.45) is 0 Å². The summed E-state index contributed by atoms with van der Waals surface area (Å²) in [6.45, 7) is 2.70. The summed E-state index contributed by atoms with van der Waals surface area (Å²) >= 11 is 1.62. The highest BCUT2D eigenvalue weighted by Gasteiger charge is 2.17. The fourth-order valence-electron chi connectivity index (χ4n) is 2.24. The van der Waals surface area contributed by atoms with E-state index in [1.165, 1.54) is 4.88 Å². The summed E-state index contributed by atoms with van der Waals surface area (Å²) in [6.07, 6.45) is 0.444. The van der Waals surface area contributed by atoms with Crippen LogP contribution in [0.2, 0.25) is 0 Å². The number of nitrogens with one attached hydrogen (secondary N) is 2. The highest BCUT2D eigenvalue weighted by molar-refractivity contribution is 7.12. The molecule has 1 aromatic heterocycles. The molecule has 2 N–H and O–H groups in total. The molecule has 0 bridgehead atoms. The lowest BCUT2D eigenvalue weighted by molar-refractivity contribution is -0.139. The highest BCUT2D eigenvalue weighted by atomic mass is 32.1. The Morgan fingerprint density at radius 2 is 1.79 bits per heavy atom. The first kappa shape index (κ1) is 18.2. The number of methoxy groups -OCH3 is 1. The van der Waals surface area contributed by atoms with Gasteiger partial charge in [-0.3, -0.25) is 9.59 Å². The topological polar surface area (TPSA) is 67.4 Å². The van der Waals surface area contributed by atoms with E-state index in [1.807, 2.05) is 49.4 Å². The lowest BCUT2D eigenvalue weighted by Crippen LogP contribution is -2.42. The Morgan fingerprint density at radius 1 is 1.08 bits per heavy atom. The van der Waals surface area contributed by atoms with Crippen LogP contribution >= 0.6 is 11.3 Å². The number of hydrogen-bond acceptors (Lipinski definition) is 4. The third kappa shape index (κ3) is 5.47. The van der Waals surface area contributed by atoms with Crippen molar-refractivity contribution < 1.29 is 14.3 Å². The summed E-state index contributed by atoms with van der Waals surface area (Å²) in [6, 6.07) is 13.8. The third-order valence-electron chi connectivity index (χ3n) is 3.56. The van der Waals surface area contributed by atoms with Gasteiger partial charge in [-0.2, -0.15) is 0 Å². The Kier molecular flexibility index (Phi) is 6.96. The van der Waals surface area contributed by atoms with Crippen molar-refractivity contribution in [2.75, 3.05) is 20.2 Å². The predicted molar refractivity (Wildman–Crippen MR) is 95.0 cm³/mol. The first-order valence-corrected chi connectivity index (χ1v) is 8.61. The zero-order valence-electron chi connectivity index (χ0n) is 13.9.